The van der Waals surface area contributed by atoms with E-state index < -0.39 is 0 Å². The second-order valence-corrected chi connectivity index (χ2v) is 13.3. The number of hydrogen-bond acceptors (Lipinski definition) is 0. The van der Waals surface area contributed by atoms with Crippen LogP contribution in [-0.2, 0) is 0 Å². The predicted octanol–water partition coefficient (Wildman–Crippen LogP) is 15.4. The van der Waals surface area contributed by atoms with Crippen LogP contribution in [0.2, 0.25) is 0 Å². The molecule has 5 saturated carbocycles. The lowest BCUT2D eigenvalue weighted by Crippen LogP contribution is -2.03. The van der Waals surface area contributed by atoms with E-state index in [2.05, 4.69) is 34.6 Å². The summed E-state index contributed by atoms with van der Waals surface area (Å²) in [6.07, 6.45) is 38.7. The second kappa shape index (κ2) is 33.5. The van der Waals surface area contributed by atoms with Gasteiger partial charge in [0, 0.05) is 0 Å². The van der Waals surface area contributed by atoms with E-state index in [-0.39, 0.29) is 0 Å². The summed E-state index contributed by atoms with van der Waals surface area (Å²) in [5.74, 6) is 5.41. The van der Waals surface area contributed by atoms with Crippen molar-refractivity contribution in [3.63, 3.8) is 0 Å². The first kappa shape index (κ1) is 42.1. The van der Waals surface area contributed by atoms with Gasteiger partial charge >= 0.3 is 0 Å². The first-order chi connectivity index (χ1) is 19.6. The predicted molar refractivity (Wildman–Crippen MR) is 189 cm³/mol. The van der Waals surface area contributed by atoms with Gasteiger partial charge in [-0.15, -0.1) is 0 Å². The third kappa shape index (κ3) is 25.7. The highest BCUT2D eigenvalue weighted by molar-refractivity contribution is 4.66. The fourth-order valence-corrected chi connectivity index (χ4v) is 7.16. The van der Waals surface area contributed by atoms with Gasteiger partial charge in [0.05, 0.1) is 0 Å². The summed E-state index contributed by atoms with van der Waals surface area (Å²) < 4.78 is 0. The van der Waals surface area contributed by atoms with Crippen LogP contribution in [0, 0.1) is 29.6 Å². The maximum Gasteiger partial charge on any atom is -0.0417 e. The van der Waals surface area contributed by atoms with E-state index >= 15 is 0 Å². The molecule has 0 atom stereocenters. The van der Waals surface area contributed by atoms with Gasteiger partial charge in [0.2, 0.25) is 0 Å². The number of hydrogen-bond donors (Lipinski definition) is 0. The standard InChI is InChI=1S/2C8H16.2C7H14.C6H12.2C2H6/c2*1-2-8-6-4-3-5-7-8;2*1-2-7-5-3-4-6-7;1-6-4-2-3-5-6;2*1-2/h2*8H,2-7H2,1H3;2*7H,2-6H2,1H3;6H,2-5H2,1H3;2*1-2H3. The lowest BCUT2D eigenvalue weighted by Gasteiger charge is -2.18. The van der Waals surface area contributed by atoms with Crippen LogP contribution < -0.4 is 0 Å². The minimum absolute atomic E-state index is 1.05. The Kier molecular flexibility index (Phi) is 35.3. The summed E-state index contributed by atoms with van der Waals surface area (Å²) in [6, 6.07) is 0. The zero-order chi connectivity index (χ0) is 30.3. The van der Waals surface area contributed by atoms with Gasteiger partial charge in [-0.2, -0.15) is 0 Å². The van der Waals surface area contributed by atoms with Crippen molar-refractivity contribution in [2.45, 2.75) is 229 Å². The van der Waals surface area contributed by atoms with Gasteiger partial charge in [0.25, 0.3) is 0 Å². The quantitative estimate of drug-likeness (QED) is 0.318. The largest absolute Gasteiger partial charge is 0.0683 e. The van der Waals surface area contributed by atoms with E-state index in [1.165, 1.54) is 167 Å². The molecule has 0 amide bonds. The van der Waals surface area contributed by atoms with Gasteiger partial charge in [-0.1, -0.05) is 229 Å². The van der Waals surface area contributed by atoms with Crippen molar-refractivity contribution < 1.29 is 0 Å². The van der Waals surface area contributed by atoms with E-state index in [1.54, 1.807) is 0 Å². The van der Waals surface area contributed by atoms with Crippen LogP contribution in [0.4, 0.5) is 0 Å². The van der Waals surface area contributed by atoms with Crippen LogP contribution in [0.3, 0.4) is 0 Å². The van der Waals surface area contributed by atoms with Crippen molar-refractivity contribution >= 4 is 0 Å². The third-order valence-electron chi connectivity index (χ3n) is 10.4. The smallest absolute Gasteiger partial charge is 0.0417 e. The Balaban J connectivity index is 0. The Hall–Kier alpha value is 0. The highest BCUT2D eigenvalue weighted by Gasteiger charge is 2.12. The molecule has 5 fully saturated rings. The van der Waals surface area contributed by atoms with Gasteiger partial charge in [0.1, 0.15) is 0 Å². The first-order valence-electron chi connectivity index (χ1n) is 19.6. The average Bonchev–Trinajstić information content (AvgIpc) is 3.86. The highest BCUT2D eigenvalue weighted by Crippen LogP contribution is 2.28. The summed E-state index contributed by atoms with van der Waals surface area (Å²) in [5.41, 5.74) is 0. The molecular formula is C40H84. The van der Waals surface area contributed by atoms with E-state index in [0.717, 1.165) is 29.6 Å². The molecule has 5 aliphatic rings. The fourth-order valence-electron chi connectivity index (χ4n) is 7.16. The molecule has 0 N–H and O–H groups in total. The lowest BCUT2D eigenvalue weighted by atomic mass is 9.88. The molecule has 0 spiro atoms. The van der Waals surface area contributed by atoms with Crippen LogP contribution in [0.15, 0.2) is 0 Å². The molecule has 5 rings (SSSR count). The minimum Gasteiger partial charge on any atom is -0.0683 e. The molecule has 40 heavy (non-hydrogen) atoms. The first-order valence-corrected chi connectivity index (χ1v) is 19.6. The minimum atomic E-state index is 1.05. The maximum absolute atomic E-state index is 2.34. The molecule has 0 heterocycles. The van der Waals surface area contributed by atoms with Crippen LogP contribution in [0.5, 0.6) is 0 Å². The number of rotatable bonds is 4. The second-order valence-electron chi connectivity index (χ2n) is 13.3. The molecule has 0 heteroatoms. The van der Waals surface area contributed by atoms with Gasteiger partial charge < -0.3 is 0 Å². The zero-order valence-corrected chi connectivity index (χ0v) is 30.3. The molecule has 0 nitrogen and oxygen atoms in total. The van der Waals surface area contributed by atoms with Crippen LogP contribution in [0.25, 0.3) is 0 Å². The molecule has 0 bridgehead atoms. The molecule has 0 saturated heterocycles. The average molecular weight is 565 g/mol. The fraction of sp³-hybridized carbons (Fsp3) is 1.00. The van der Waals surface area contributed by atoms with Gasteiger partial charge in [-0.25, -0.2) is 0 Å². The van der Waals surface area contributed by atoms with Gasteiger partial charge in [-0.05, 0) is 29.6 Å². The SMILES string of the molecule is CC.CC.CC1CCCC1.CCC1CCCC1.CCC1CCCC1.CCC1CCCCC1.CCC1CCCCC1. The van der Waals surface area contributed by atoms with E-state index in [1.807, 2.05) is 27.7 Å². The molecule has 5 aliphatic carbocycles. The molecule has 244 valence electrons. The van der Waals surface area contributed by atoms with Crippen molar-refractivity contribution in [1.29, 1.82) is 0 Å². The molecule has 0 aromatic heterocycles. The highest BCUT2D eigenvalue weighted by atomic mass is 14.2. The molecular weight excluding hydrogens is 480 g/mol. The monoisotopic (exact) mass is 565 g/mol. The summed E-state index contributed by atoms with van der Waals surface area (Å²) in [7, 11) is 0. The molecule has 0 radical (unpaired) electrons. The van der Waals surface area contributed by atoms with Crippen molar-refractivity contribution in [2.24, 2.45) is 29.6 Å². The van der Waals surface area contributed by atoms with Crippen LogP contribution >= 0.6 is 0 Å². The summed E-state index contributed by atoms with van der Waals surface area (Å²) in [5, 5.41) is 0. The zero-order valence-electron chi connectivity index (χ0n) is 30.3. The van der Waals surface area contributed by atoms with Crippen LogP contribution in [0.1, 0.15) is 229 Å². The lowest BCUT2D eigenvalue weighted by molar-refractivity contribution is 0.349. The summed E-state index contributed by atoms with van der Waals surface area (Å²) in [4.78, 5) is 0. The van der Waals surface area contributed by atoms with Crippen molar-refractivity contribution in [1.82, 2.24) is 0 Å². The molecule has 0 unspecified atom stereocenters. The Morgan fingerprint density at radius 3 is 0.600 bits per heavy atom. The summed E-state index contributed by atoms with van der Waals surface area (Å²) in [6.45, 7) is 19.6. The Morgan fingerprint density at radius 2 is 0.475 bits per heavy atom. The molecule has 0 aromatic carbocycles. The normalized spacial score (nSPS) is 21.8. The maximum atomic E-state index is 2.34. The van der Waals surface area contributed by atoms with Gasteiger partial charge in [-0.3, -0.25) is 0 Å². The Morgan fingerprint density at radius 1 is 0.300 bits per heavy atom. The summed E-state index contributed by atoms with van der Waals surface area (Å²) >= 11 is 0. The van der Waals surface area contributed by atoms with Crippen molar-refractivity contribution in [2.75, 3.05) is 0 Å². The van der Waals surface area contributed by atoms with E-state index in [4.69, 9.17) is 0 Å². The topological polar surface area (TPSA) is 0 Å². The van der Waals surface area contributed by atoms with Gasteiger partial charge in [0.15, 0.2) is 0 Å². The Bertz CT molecular complexity index is 375. The van der Waals surface area contributed by atoms with Crippen molar-refractivity contribution in [3.8, 4) is 0 Å². The Labute approximate surface area is 258 Å². The van der Waals surface area contributed by atoms with Crippen molar-refractivity contribution in [3.05, 3.63) is 0 Å². The molecule has 0 aromatic rings. The van der Waals surface area contributed by atoms with E-state index in [9.17, 15) is 0 Å². The van der Waals surface area contributed by atoms with Crippen LogP contribution in [-0.4, -0.2) is 0 Å². The third-order valence-corrected chi connectivity index (χ3v) is 10.4. The van der Waals surface area contributed by atoms with E-state index in [0.29, 0.717) is 0 Å². The molecule has 0 aliphatic heterocycles.